The van der Waals surface area contributed by atoms with E-state index in [2.05, 4.69) is 0 Å². The molecule has 11 heteroatoms. The van der Waals surface area contributed by atoms with E-state index in [1.54, 1.807) is 32.9 Å². The van der Waals surface area contributed by atoms with Crippen molar-refractivity contribution in [2.24, 2.45) is 5.92 Å². The van der Waals surface area contributed by atoms with E-state index in [-0.39, 0.29) is 42.5 Å². The minimum absolute atomic E-state index is 0.0702. The molecule has 1 amide bonds. The number of amides is 1. The number of nitrogens with zero attached hydrogens (tertiary/aromatic N) is 1. The van der Waals surface area contributed by atoms with Crippen LogP contribution >= 0.6 is 11.6 Å². The first-order chi connectivity index (χ1) is 19.8. The SMILES string of the molecule is CC(C)(C)OC(=O)N1CCC[C@H]1CS(=O)(=O)CC[C@@H]1OCC[C@@]2(Cc3ccc(Cl)cc3)c3c(F)ccc(F)c3OC[C@@H]12. The molecular formula is C31H38ClF2NO6S. The van der Waals surface area contributed by atoms with E-state index < -0.39 is 56.6 Å². The van der Waals surface area contributed by atoms with Gasteiger partial charge in [0.1, 0.15) is 11.4 Å². The average Bonchev–Trinajstić information content (AvgIpc) is 3.37. The topological polar surface area (TPSA) is 82.1 Å². The van der Waals surface area contributed by atoms with E-state index in [1.807, 2.05) is 12.1 Å². The molecule has 0 aromatic heterocycles. The van der Waals surface area contributed by atoms with Crippen LogP contribution in [0.3, 0.4) is 0 Å². The Bertz CT molecular complexity index is 1410. The Morgan fingerprint density at radius 2 is 1.86 bits per heavy atom. The highest BCUT2D eigenvalue weighted by atomic mass is 35.5. The Labute approximate surface area is 251 Å². The number of hydrogen-bond acceptors (Lipinski definition) is 6. The van der Waals surface area contributed by atoms with E-state index in [0.717, 1.165) is 17.7 Å². The summed E-state index contributed by atoms with van der Waals surface area (Å²) in [5.41, 5.74) is -0.455. The third-order valence-corrected chi connectivity index (χ3v) is 10.6. The molecule has 0 aliphatic carbocycles. The summed E-state index contributed by atoms with van der Waals surface area (Å²) >= 11 is 6.10. The monoisotopic (exact) mass is 625 g/mol. The predicted molar refractivity (Wildman–Crippen MR) is 156 cm³/mol. The first-order valence-electron chi connectivity index (χ1n) is 14.5. The Morgan fingerprint density at radius 1 is 1.14 bits per heavy atom. The summed E-state index contributed by atoms with van der Waals surface area (Å²) in [5, 5.41) is 0.569. The summed E-state index contributed by atoms with van der Waals surface area (Å²) in [5.74, 6) is -2.01. The van der Waals surface area contributed by atoms with Gasteiger partial charge in [0.15, 0.2) is 21.4 Å². The van der Waals surface area contributed by atoms with Crippen LogP contribution in [0.2, 0.25) is 5.02 Å². The third kappa shape index (κ3) is 6.55. The van der Waals surface area contributed by atoms with Gasteiger partial charge in [-0.2, -0.15) is 0 Å². The molecule has 0 unspecified atom stereocenters. The minimum atomic E-state index is -3.59. The number of ether oxygens (including phenoxy) is 3. The number of rotatable bonds is 7. The zero-order chi connectivity index (χ0) is 30.3. The summed E-state index contributed by atoms with van der Waals surface area (Å²) in [6.07, 6.45) is 1.22. The fraction of sp³-hybridized carbons (Fsp3) is 0.581. The summed E-state index contributed by atoms with van der Waals surface area (Å²) in [7, 11) is -3.59. The minimum Gasteiger partial charge on any atom is -0.490 e. The predicted octanol–water partition coefficient (Wildman–Crippen LogP) is 6.10. The third-order valence-electron chi connectivity index (χ3n) is 8.60. The quantitative estimate of drug-likeness (QED) is 0.370. The van der Waals surface area contributed by atoms with Gasteiger partial charge in [-0.25, -0.2) is 22.0 Å². The lowest BCUT2D eigenvalue weighted by Crippen LogP contribution is -2.55. The second-order valence-electron chi connectivity index (χ2n) is 12.6. The number of carbonyl (C=O) groups excluding carboxylic acids is 1. The lowest BCUT2D eigenvalue weighted by molar-refractivity contribution is -0.0963. The van der Waals surface area contributed by atoms with Crippen molar-refractivity contribution in [2.75, 3.05) is 31.3 Å². The summed E-state index contributed by atoms with van der Waals surface area (Å²) in [4.78, 5) is 14.2. The standard InChI is InChI=1S/C31H38ClF2NO6S/c1-30(2,3)41-29(36)35-14-4-5-22(35)19-42(37,38)16-12-26-23-18-40-28-25(34)11-10-24(33)27(28)31(23,13-15-39-26)17-20-6-8-21(32)9-7-20/h6-11,22-23,26H,4-5,12-19H2,1-3H3/t22-,23-,26-,31-/m0/s1. The highest BCUT2D eigenvalue weighted by Gasteiger charge is 2.53. The molecule has 0 radical (unpaired) electrons. The molecule has 5 rings (SSSR count). The Hall–Kier alpha value is -2.43. The highest BCUT2D eigenvalue weighted by Crippen LogP contribution is 2.52. The van der Waals surface area contributed by atoms with Crippen molar-refractivity contribution in [2.45, 2.75) is 76.0 Å². The van der Waals surface area contributed by atoms with Crippen molar-refractivity contribution >= 4 is 27.5 Å². The summed E-state index contributed by atoms with van der Waals surface area (Å²) < 4.78 is 74.5. The van der Waals surface area contributed by atoms with E-state index >= 15 is 4.39 Å². The van der Waals surface area contributed by atoms with E-state index in [1.165, 1.54) is 4.90 Å². The first kappa shape index (κ1) is 31.0. The van der Waals surface area contributed by atoms with Gasteiger partial charge in [-0.05, 0) is 82.7 Å². The van der Waals surface area contributed by atoms with Gasteiger partial charge in [-0.3, -0.25) is 0 Å². The Balaban J connectivity index is 1.36. The van der Waals surface area contributed by atoms with Crippen LogP contribution in [0.25, 0.3) is 0 Å². The Kier molecular flexibility index (Phi) is 8.80. The second-order valence-corrected chi connectivity index (χ2v) is 15.3. The first-order valence-corrected chi connectivity index (χ1v) is 16.7. The lowest BCUT2D eigenvalue weighted by Gasteiger charge is -2.51. The molecule has 0 N–H and O–H groups in total. The molecule has 2 saturated heterocycles. The van der Waals surface area contributed by atoms with Crippen LogP contribution in [0.15, 0.2) is 36.4 Å². The molecule has 7 nitrogen and oxygen atoms in total. The van der Waals surface area contributed by atoms with Gasteiger partial charge >= 0.3 is 6.09 Å². The highest BCUT2D eigenvalue weighted by molar-refractivity contribution is 7.91. The van der Waals surface area contributed by atoms with Crippen molar-refractivity contribution in [1.82, 2.24) is 4.90 Å². The largest absolute Gasteiger partial charge is 0.490 e. The summed E-state index contributed by atoms with van der Waals surface area (Å²) in [6.45, 7) is 6.11. The number of hydrogen-bond donors (Lipinski definition) is 0. The summed E-state index contributed by atoms with van der Waals surface area (Å²) in [6, 6.07) is 8.99. The van der Waals surface area contributed by atoms with Gasteiger partial charge in [0, 0.05) is 41.1 Å². The molecule has 2 aromatic carbocycles. The number of sulfone groups is 1. The van der Waals surface area contributed by atoms with Crippen molar-refractivity contribution in [3.05, 3.63) is 64.2 Å². The van der Waals surface area contributed by atoms with E-state index in [0.29, 0.717) is 37.3 Å². The molecule has 2 fully saturated rings. The molecule has 2 aromatic rings. The number of likely N-dealkylation sites (tertiary alicyclic amines) is 1. The molecule has 230 valence electrons. The van der Waals surface area contributed by atoms with Gasteiger partial charge in [0.25, 0.3) is 0 Å². The molecule has 3 aliphatic heterocycles. The van der Waals surface area contributed by atoms with Crippen molar-refractivity contribution in [3.8, 4) is 5.75 Å². The van der Waals surface area contributed by atoms with Crippen LogP contribution in [-0.2, 0) is 31.1 Å². The van der Waals surface area contributed by atoms with Crippen molar-refractivity contribution < 1.29 is 36.2 Å². The zero-order valence-corrected chi connectivity index (χ0v) is 25.8. The number of fused-ring (bicyclic) bond motifs is 3. The second kappa shape index (κ2) is 11.9. The zero-order valence-electron chi connectivity index (χ0n) is 24.2. The van der Waals surface area contributed by atoms with Crippen LogP contribution in [0.1, 0.15) is 57.6 Å². The van der Waals surface area contributed by atoms with Gasteiger partial charge in [-0.15, -0.1) is 0 Å². The molecule has 0 spiro atoms. The molecule has 0 saturated carbocycles. The van der Waals surface area contributed by atoms with Crippen LogP contribution < -0.4 is 4.74 Å². The maximum Gasteiger partial charge on any atom is 0.410 e. The van der Waals surface area contributed by atoms with E-state index in [4.69, 9.17) is 25.8 Å². The molecule has 3 heterocycles. The smallest absolute Gasteiger partial charge is 0.410 e. The average molecular weight is 626 g/mol. The maximum absolute atomic E-state index is 15.5. The van der Waals surface area contributed by atoms with Gasteiger partial charge in [0.05, 0.1) is 24.2 Å². The maximum atomic E-state index is 15.5. The molecule has 42 heavy (non-hydrogen) atoms. The van der Waals surface area contributed by atoms with Crippen LogP contribution in [0.5, 0.6) is 5.75 Å². The number of carbonyl (C=O) groups is 1. The number of halogens is 3. The van der Waals surface area contributed by atoms with Gasteiger partial charge < -0.3 is 19.1 Å². The van der Waals surface area contributed by atoms with E-state index in [9.17, 15) is 17.6 Å². The lowest BCUT2D eigenvalue weighted by atomic mass is 9.60. The van der Waals surface area contributed by atoms with Crippen LogP contribution in [0, 0.1) is 17.6 Å². The number of benzene rings is 2. The normalized spacial score (nSPS) is 25.9. The fourth-order valence-electron chi connectivity index (χ4n) is 6.74. The van der Waals surface area contributed by atoms with Crippen LogP contribution in [0.4, 0.5) is 13.6 Å². The molecule has 0 bridgehead atoms. The molecule has 3 aliphatic rings. The van der Waals surface area contributed by atoms with Gasteiger partial charge in [0.2, 0.25) is 0 Å². The Morgan fingerprint density at radius 3 is 2.57 bits per heavy atom. The van der Waals surface area contributed by atoms with Crippen molar-refractivity contribution in [1.29, 1.82) is 0 Å². The molecular weight excluding hydrogens is 588 g/mol. The van der Waals surface area contributed by atoms with Gasteiger partial charge in [-0.1, -0.05) is 23.7 Å². The van der Waals surface area contributed by atoms with Crippen LogP contribution in [-0.4, -0.2) is 68.4 Å². The molecule has 4 atom stereocenters. The fourth-order valence-corrected chi connectivity index (χ4v) is 8.56. The van der Waals surface area contributed by atoms with Crippen molar-refractivity contribution in [3.63, 3.8) is 0 Å².